The summed E-state index contributed by atoms with van der Waals surface area (Å²) in [7, 11) is 5.93. The lowest BCUT2D eigenvalue weighted by Crippen LogP contribution is -2.34. The topological polar surface area (TPSA) is 59.7 Å². The minimum absolute atomic E-state index is 0.134. The van der Waals surface area contributed by atoms with E-state index in [1.54, 1.807) is 7.11 Å². The molecule has 150 valence electrons. The van der Waals surface area contributed by atoms with Crippen LogP contribution in [-0.2, 0) is 19.9 Å². The quantitative estimate of drug-likeness (QED) is 0.745. The maximum atomic E-state index is 8.50. The van der Waals surface area contributed by atoms with Gasteiger partial charge >= 0.3 is 0 Å². The first kappa shape index (κ1) is 18.1. The van der Waals surface area contributed by atoms with Crippen molar-refractivity contribution in [2.75, 3.05) is 27.5 Å². The summed E-state index contributed by atoms with van der Waals surface area (Å²) in [5.74, 6) is 2.25. The van der Waals surface area contributed by atoms with Gasteiger partial charge in [-0.05, 0) is 37.2 Å². The molecule has 2 aromatic carbocycles. The number of benzene rings is 2. The standard InChI is InChI=1S/C23H25N3O3/c1-25-9-8-14-10-20-22(29-13-28-20)23(27-3)21(14)19(25)12-15-11-17(24)16-6-4-5-7-18(16)26(15)2/h4-7,10-11,19,24H,8-9,12-13H2,1-3H3/t19-/m0/s1. The number of nitrogens with one attached hydrogen (secondary N) is 1. The van der Waals surface area contributed by atoms with Crippen molar-refractivity contribution < 1.29 is 14.2 Å². The van der Waals surface area contributed by atoms with Crippen LogP contribution in [0, 0.1) is 5.41 Å². The molecule has 0 saturated heterocycles. The second-order valence-corrected chi connectivity index (χ2v) is 7.79. The second-order valence-electron chi connectivity index (χ2n) is 7.79. The highest BCUT2D eigenvalue weighted by atomic mass is 16.7. The van der Waals surface area contributed by atoms with Crippen LogP contribution in [0.15, 0.2) is 36.4 Å². The number of aryl methyl sites for hydroxylation is 1. The Bertz CT molecular complexity index is 1170. The van der Waals surface area contributed by atoms with Crippen LogP contribution in [0.4, 0.5) is 0 Å². The Kier molecular flexibility index (Phi) is 4.24. The first-order valence-corrected chi connectivity index (χ1v) is 9.90. The Labute approximate surface area is 169 Å². The van der Waals surface area contributed by atoms with Crippen molar-refractivity contribution in [3.05, 3.63) is 58.6 Å². The summed E-state index contributed by atoms with van der Waals surface area (Å²) in [5.41, 5.74) is 4.62. The summed E-state index contributed by atoms with van der Waals surface area (Å²) in [6, 6.07) is 12.3. The van der Waals surface area contributed by atoms with Gasteiger partial charge in [0, 0.05) is 42.7 Å². The van der Waals surface area contributed by atoms with E-state index in [9.17, 15) is 0 Å². The third kappa shape index (κ3) is 2.78. The zero-order valence-corrected chi connectivity index (χ0v) is 17.0. The third-order valence-electron chi connectivity index (χ3n) is 6.25. The minimum Gasteiger partial charge on any atom is -0.492 e. The van der Waals surface area contributed by atoms with Crippen LogP contribution in [0.5, 0.6) is 17.2 Å². The molecular formula is C23H25N3O3. The minimum atomic E-state index is 0.134. The predicted octanol–water partition coefficient (Wildman–Crippen LogP) is 3.17. The van der Waals surface area contributed by atoms with Gasteiger partial charge in [-0.15, -0.1) is 0 Å². The van der Waals surface area contributed by atoms with E-state index in [0.29, 0.717) is 11.1 Å². The van der Waals surface area contributed by atoms with Gasteiger partial charge in [0.2, 0.25) is 12.5 Å². The molecule has 0 spiro atoms. The molecule has 0 amide bonds. The van der Waals surface area contributed by atoms with Crippen LogP contribution in [0.25, 0.3) is 10.9 Å². The molecule has 0 aliphatic carbocycles. The molecule has 0 fully saturated rings. The Hall–Kier alpha value is -2.99. The molecule has 0 unspecified atom stereocenters. The van der Waals surface area contributed by atoms with E-state index in [4.69, 9.17) is 19.6 Å². The number of para-hydroxylation sites is 1. The molecule has 29 heavy (non-hydrogen) atoms. The lowest BCUT2D eigenvalue weighted by atomic mass is 9.88. The van der Waals surface area contributed by atoms with Gasteiger partial charge in [0.05, 0.1) is 18.0 Å². The normalized spacial score (nSPS) is 18.1. The molecule has 6 nitrogen and oxygen atoms in total. The van der Waals surface area contributed by atoms with Gasteiger partial charge in [0.15, 0.2) is 11.5 Å². The molecule has 0 saturated carbocycles. The lowest BCUT2D eigenvalue weighted by Gasteiger charge is -2.36. The van der Waals surface area contributed by atoms with Crippen molar-refractivity contribution in [3.63, 3.8) is 0 Å². The van der Waals surface area contributed by atoms with Gasteiger partial charge in [-0.25, -0.2) is 0 Å². The van der Waals surface area contributed by atoms with Crippen molar-refractivity contribution in [3.8, 4) is 17.2 Å². The van der Waals surface area contributed by atoms with E-state index in [-0.39, 0.29) is 12.8 Å². The summed E-state index contributed by atoms with van der Waals surface area (Å²) in [6.45, 7) is 1.20. The number of hydrogen-bond acceptors (Lipinski definition) is 5. The second kappa shape index (κ2) is 6.81. The molecule has 0 bridgehead atoms. The number of methoxy groups -OCH3 is 1. The van der Waals surface area contributed by atoms with Crippen LogP contribution in [0.1, 0.15) is 22.9 Å². The number of nitrogens with zero attached hydrogens (tertiary/aromatic N) is 2. The number of aromatic nitrogens is 1. The monoisotopic (exact) mass is 391 g/mol. The van der Waals surface area contributed by atoms with E-state index in [0.717, 1.165) is 47.5 Å². The summed E-state index contributed by atoms with van der Waals surface area (Å²) in [6.07, 6.45) is 1.73. The molecule has 2 aliphatic heterocycles. The summed E-state index contributed by atoms with van der Waals surface area (Å²) >= 11 is 0. The third-order valence-corrected chi connectivity index (χ3v) is 6.25. The molecule has 3 aromatic rings. The molecule has 5 rings (SSSR count). The number of fused-ring (bicyclic) bond motifs is 3. The summed E-state index contributed by atoms with van der Waals surface area (Å²) in [5, 5.41) is 10.0. The largest absolute Gasteiger partial charge is 0.492 e. The van der Waals surface area contributed by atoms with E-state index in [1.165, 1.54) is 11.1 Å². The smallest absolute Gasteiger partial charge is 0.231 e. The Balaban J connectivity index is 1.65. The van der Waals surface area contributed by atoms with Crippen LogP contribution < -0.4 is 19.6 Å². The zero-order chi connectivity index (χ0) is 20.1. The molecule has 2 aliphatic rings. The lowest BCUT2D eigenvalue weighted by molar-refractivity contribution is 0.170. The zero-order valence-electron chi connectivity index (χ0n) is 17.0. The number of pyridine rings is 1. The SMILES string of the molecule is COc1c2c(cc3c1[C@H](Cc1cc(=N)c4ccccc4n1C)N(C)CC3)OCO2. The van der Waals surface area contributed by atoms with Gasteiger partial charge in [-0.1, -0.05) is 18.2 Å². The van der Waals surface area contributed by atoms with Crippen LogP contribution >= 0.6 is 0 Å². The molecular weight excluding hydrogens is 366 g/mol. The molecule has 1 N–H and O–H groups in total. The van der Waals surface area contributed by atoms with Crippen LogP contribution in [-0.4, -0.2) is 37.0 Å². The van der Waals surface area contributed by atoms with Gasteiger partial charge in [-0.2, -0.15) is 0 Å². The van der Waals surface area contributed by atoms with Crippen molar-refractivity contribution in [1.82, 2.24) is 9.47 Å². The van der Waals surface area contributed by atoms with E-state index < -0.39 is 0 Å². The van der Waals surface area contributed by atoms with Gasteiger partial charge in [0.1, 0.15) is 0 Å². The number of likely N-dealkylation sites (N-methyl/N-ethyl adjacent to an activating group) is 1. The Morgan fingerprint density at radius 3 is 2.83 bits per heavy atom. The number of hydrogen-bond donors (Lipinski definition) is 1. The van der Waals surface area contributed by atoms with Crippen molar-refractivity contribution >= 4 is 10.9 Å². The summed E-state index contributed by atoms with van der Waals surface area (Å²) < 4.78 is 19.4. The maximum Gasteiger partial charge on any atom is 0.231 e. The highest BCUT2D eigenvalue weighted by molar-refractivity contribution is 5.78. The summed E-state index contributed by atoms with van der Waals surface area (Å²) in [4.78, 5) is 2.37. The van der Waals surface area contributed by atoms with Crippen molar-refractivity contribution in [2.45, 2.75) is 18.9 Å². The fourth-order valence-electron chi connectivity index (χ4n) is 4.67. The molecule has 1 aromatic heterocycles. The molecule has 0 radical (unpaired) electrons. The Morgan fingerprint density at radius 1 is 1.17 bits per heavy atom. The highest BCUT2D eigenvalue weighted by Crippen LogP contribution is 2.49. The molecule has 6 heteroatoms. The van der Waals surface area contributed by atoms with Gasteiger partial charge in [-0.3, -0.25) is 4.90 Å². The first-order valence-electron chi connectivity index (χ1n) is 9.90. The van der Waals surface area contributed by atoms with Crippen molar-refractivity contribution in [1.29, 1.82) is 5.41 Å². The number of ether oxygens (including phenoxy) is 3. The van der Waals surface area contributed by atoms with E-state index >= 15 is 0 Å². The van der Waals surface area contributed by atoms with Crippen LogP contribution in [0.2, 0.25) is 0 Å². The first-order chi connectivity index (χ1) is 14.1. The average Bonchev–Trinajstić information content (AvgIpc) is 3.20. The average molecular weight is 391 g/mol. The fourth-order valence-corrected chi connectivity index (χ4v) is 4.67. The van der Waals surface area contributed by atoms with Gasteiger partial charge < -0.3 is 24.2 Å². The Morgan fingerprint density at radius 2 is 2.00 bits per heavy atom. The van der Waals surface area contributed by atoms with Gasteiger partial charge in [0.25, 0.3) is 0 Å². The van der Waals surface area contributed by atoms with E-state index in [1.807, 2.05) is 24.3 Å². The maximum absolute atomic E-state index is 8.50. The predicted molar refractivity (Wildman–Crippen MR) is 111 cm³/mol. The highest BCUT2D eigenvalue weighted by Gasteiger charge is 2.34. The number of rotatable bonds is 3. The van der Waals surface area contributed by atoms with E-state index in [2.05, 4.69) is 35.7 Å². The molecule has 3 heterocycles. The fraction of sp³-hybridized carbons (Fsp3) is 0.348. The van der Waals surface area contributed by atoms with Crippen molar-refractivity contribution in [2.24, 2.45) is 7.05 Å². The molecule has 1 atom stereocenters. The van der Waals surface area contributed by atoms with Crippen LogP contribution in [0.3, 0.4) is 0 Å².